The largest absolute Gasteiger partial charge is 0.497 e. The molecule has 0 radical (unpaired) electrons. The van der Waals surface area contributed by atoms with Crippen LogP contribution < -0.4 is 14.8 Å². The minimum atomic E-state index is -0.374. The number of hydrogen-bond donors (Lipinski definition) is 2. The molecule has 0 saturated carbocycles. The molecule has 0 aliphatic carbocycles. The van der Waals surface area contributed by atoms with E-state index >= 15 is 0 Å². The SMILES string of the molecule is COc1cc(NCc2cccnc2)cc(-c2n[nH]c3ccc(O[C@H](C)c4c(Cl)cncc4Cl)cc23)c1. The van der Waals surface area contributed by atoms with Gasteiger partial charge in [-0.05, 0) is 48.9 Å². The lowest BCUT2D eigenvalue weighted by atomic mass is 10.1. The second-order valence-corrected chi connectivity index (χ2v) is 9.04. The summed E-state index contributed by atoms with van der Waals surface area (Å²) in [7, 11) is 1.65. The number of fused-ring (bicyclic) bond motifs is 1. The molecule has 0 bridgehead atoms. The van der Waals surface area contributed by atoms with E-state index in [1.54, 1.807) is 25.7 Å². The molecule has 0 amide bonds. The number of aromatic amines is 1. The van der Waals surface area contributed by atoms with Crippen LogP contribution in [0.1, 0.15) is 24.2 Å². The number of benzene rings is 2. The quantitative estimate of drug-likeness (QED) is 0.227. The highest BCUT2D eigenvalue weighted by molar-refractivity contribution is 6.35. The molecule has 36 heavy (non-hydrogen) atoms. The lowest BCUT2D eigenvalue weighted by Crippen LogP contribution is -2.05. The molecule has 0 aliphatic heterocycles. The van der Waals surface area contributed by atoms with Crippen molar-refractivity contribution in [1.82, 2.24) is 20.2 Å². The van der Waals surface area contributed by atoms with Crippen LogP contribution in [0.3, 0.4) is 0 Å². The third-order valence-corrected chi connectivity index (χ3v) is 6.38. The molecule has 0 fully saturated rings. The summed E-state index contributed by atoms with van der Waals surface area (Å²) in [5.41, 5.74) is 5.26. The third kappa shape index (κ3) is 5.08. The zero-order valence-electron chi connectivity index (χ0n) is 19.6. The standard InChI is InChI=1S/C27H23Cl2N5O2/c1-16(26-23(28)14-31-15-24(26)29)36-20-5-6-25-22(11-20)27(34-33-25)18-8-19(10-21(9-18)35-2)32-13-17-4-3-7-30-12-17/h3-12,14-16,32H,13H2,1-2H3,(H,33,34)/t16-/m1/s1. The Labute approximate surface area is 218 Å². The Kier molecular flexibility index (Phi) is 6.93. The van der Waals surface area contributed by atoms with Crippen molar-refractivity contribution in [2.24, 2.45) is 0 Å². The van der Waals surface area contributed by atoms with Gasteiger partial charge < -0.3 is 14.8 Å². The molecule has 0 saturated heterocycles. The molecule has 182 valence electrons. The van der Waals surface area contributed by atoms with Crippen molar-refractivity contribution in [2.75, 3.05) is 12.4 Å². The molecule has 1 atom stereocenters. The maximum Gasteiger partial charge on any atom is 0.124 e. The molecular formula is C27H23Cl2N5O2. The normalized spacial score (nSPS) is 11.9. The molecule has 2 aromatic carbocycles. The lowest BCUT2D eigenvalue weighted by Gasteiger charge is -2.17. The average molecular weight is 520 g/mol. The zero-order valence-corrected chi connectivity index (χ0v) is 21.1. The van der Waals surface area contributed by atoms with Crippen LogP contribution in [-0.4, -0.2) is 27.3 Å². The Bertz CT molecular complexity index is 1490. The molecule has 5 rings (SSSR count). The smallest absolute Gasteiger partial charge is 0.124 e. The highest BCUT2D eigenvalue weighted by Gasteiger charge is 2.17. The van der Waals surface area contributed by atoms with Gasteiger partial charge in [0.15, 0.2) is 0 Å². The summed E-state index contributed by atoms with van der Waals surface area (Å²) in [5, 5.41) is 13.0. The Morgan fingerprint density at radius 1 is 0.972 bits per heavy atom. The number of anilines is 1. The number of hydrogen-bond acceptors (Lipinski definition) is 6. The van der Waals surface area contributed by atoms with Gasteiger partial charge in [-0.15, -0.1) is 0 Å². The number of methoxy groups -OCH3 is 1. The molecule has 0 aliphatic rings. The van der Waals surface area contributed by atoms with Gasteiger partial charge in [0.2, 0.25) is 0 Å². The summed E-state index contributed by atoms with van der Waals surface area (Å²) < 4.78 is 11.8. The second-order valence-electron chi connectivity index (χ2n) is 8.22. The average Bonchev–Trinajstić information content (AvgIpc) is 3.31. The van der Waals surface area contributed by atoms with Crippen LogP contribution in [0.2, 0.25) is 10.0 Å². The van der Waals surface area contributed by atoms with Crippen LogP contribution in [-0.2, 0) is 6.54 Å². The minimum absolute atomic E-state index is 0.374. The molecule has 2 N–H and O–H groups in total. The summed E-state index contributed by atoms with van der Waals surface area (Å²) in [6, 6.07) is 15.7. The molecule has 3 heterocycles. The first kappa shape index (κ1) is 23.9. The number of aromatic nitrogens is 4. The highest BCUT2D eigenvalue weighted by Crippen LogP contribution is 2.36. The maximum atomic E-state index is 6.32. The van der Waals surface area contributed by atoms with E-state index in [1.807, 2.05) is 61.7 Å². The number of pyridine rings is 2. The van der Waals surface area contributed by atoms with Crippen molar-refractivity contribution in [2.45, 2.75) is 19.6 Å². The maximum absolute atomic E-state index is 6.32. The molecule has 3 aromatic heterocycles. The van der Waals surface area contributed by atoms with Gasteiger partial charge in [-0.25, -0.2) is 0 Å². The van der Waals surface area contributed by atoms with Gasteiger partial charge in [-0.1, -0.05) is 29.3 Å². The van der Waals surface area contributed by atoms with Gasteiger partial charge in [0, 0.05) is 59.6 Å². The Balaban J connectivity index is 1.45. The highest BCUT2D eigenvalue weighted by atomic mass is 35.5. The molecular weight excluding hydrogens is 497 g/mol. The van der Waals surface area contributed by atoms with Crippen LogP contribution in [0.25, 0.3) is 22.2 Å². The molecule has 9 heteroatoms. The van der Waals surface area contributed by atoms with Gasteiger partial charge in [-0.3, -0.25) is 15.1 Å². The van der Waals surface area contributed by atoms with Crippen LogP contribution in [0, 0.1) is 0 Å². The first-order valence-corrected chi connectivity index (χ1v) is 12.0. The van der Waals surface area contributed by atoms with Crippen molar-refractivity contribution >= 4 is 39.8 Å². The number of nitrogens with zero attached hydrogens (tertiary/aromatic N) is 3. The summed E-state index contributed by atoms with van der Waals surface area (Å²) >= 11 is 12.6. The van der Waals surface area contributed by atoms with E-state index in [4.69, 9.17) is 32.7 Å². The predicted molar refractivity (Wildman–Crippen MR) is 143 cm³/mol. The van der Waals surface area contributed by atoms with Crippen molar-refractivity contribution in [3.8, 4) is 22.8 Å². The van der Waals surface area contributed by atoms with Crippen molar-refractivity contribution in [3.05, 3.63) is 94.5 Å². The van der Waals surface area contributed by atoms with Crippen molar-refractivity contribution < 1.29 is 9.47 Å². The molecule has 0 spiro atoms. The number of H-pyrrole nitrogens is 1. The van der Waals surface area contributed by atoms with E-state index in [-0.39, 0.29) is 6.10 Å². The molecule has 0 unspecified atom stereocenters. The third-order valence-electron chi connectivity index (χ3n) is 5.78. The van der Waals surface area contributed by atoms with Crippen molar-refractivity contribution in [1.29, 1.82) is 0 Å². The Morgan fingerprint density at radius 2 is 1.81 bits per heavy atom. The summed E-state index contributed by atoms with van der Waals surface area (Å²) in [6.45, 7) is 2.54. The Morgan fingerprint density at radius 3 is 2.56 bits per heavy atom. The van der Waals surface area contributed by atoms with Crippen LogP contribution in [0.5, 0.6) is 11.5 Å². The second kappa shape index (κ2) is 10.4. The number of rotatable bonds is 8. The van der Waals surface area contributed by atoms with Crippen LogP contribution >= 0.6 is 23.2 Å². The van der Waals surface area contributed by atoms with E-state index in [0.717, 1.165) is 39.2 Å². The first-order valence-electron chi connectivity index (χ1n) is 11.3. The molecule has 5 aromatic rings. The van der Waals surface area contributed by atoms with E-state index in [1.165, 1.54) is 0 Å². The lowest BCUT2D eigenvalue weighted by molar-refractivity contribution is 0.227. The number of ether oxygens (including phenoxy) is 2. The molecule has 7 nitrogen and oxygen atoms in total. The summed E-state index contributed by atoms with van der Waals surface area (Å²) in [5.74, 6) is 1.39. The van der Waals surface area contributed by atoms with Gasteiger partial charge in [0.1, 0.15) is 23.3 Å². The fourth-order valence-electron chi connectivity index (χ4n) is 4.02. The summed E-state index contributed by atoms with van der Waals surface area (Å²) in [4.78, 5) is 8.19. The van der Waals surface area contributed by atoms with Crippen LogP contribution in [0.4, 0.5) is 5.69 Å². The van der Waals surface area contributed by atoms with Gasteiger partial charge >= 0.3 is 0 Å². The fourth-order valence-corrected chi connectivity index (χ4v) is 4.69. The van der Waals surface area contributed by atoms with Gasteiger partial charge in [0.05, 0.1) is 22.7 Å². The monoisotopic (exact) mass is 519 g/mol. The fraction of sp³-hybridized carbons (Fsp3) is 0.148. The van der Waals surface area contributed by atoms with E-state index in [2.05, 4.69) is 25.5 Å². The van der Waals surface area contributed by atoms with Gasteiger partial charge in [0.25, 0.3) is 0 Å². The number of nitrogens with one attached hydrogen (secondary N) is 2. The van der Waals surface area contributed by atoms with E-state index in [9.17, 15) is 0 Å². The predicted octanol–water partition coefficient (Wildman–Crippen LogP) is 7.09. The van der Waals surface area contributed by atoms with E-state index in [0.29, 0.717) is 27.9 Å². The summed E-state index contributed by atoms with van der Waals surface area (Å²) in [6.07, 6.45) is 6.34. The zero-order chi connectivity index (χ0) is 25.1. The van der Waals surface area contributed by atoms with Crippen molar-refractivity contribution in [3.63, 3.8) is 0 Å². The van der Waals surface area contributed by atoms with Crippen LogP contribution in [0.15, 0.2) is 73.3 Å². The van der Waals surface area contributed by atoms with Gasteiger partial charge in [-0.2, -0.15) is 5.10 Å². The Hall–Kier alpha value is -3.81. The topological polar surface area (TPSA) is 85.0 Å². The first-order chi connectivity index (χ1) is 17.5. The minimum Gasteiger partial charge on any atom is -0.497 e. The van der Waals surface area contributed by atoms with E-state index < -0.39 is 0 Å². The number of halogens is 2.